The van der Waals surface area contributed by atoms with E-state index in [-0.39, 0.29) is 12.5 Å². The van der Waals surface area contributed by atoms with Gasteiger partial charge in [0.2, 0.25) is 5.91 Å². The van der Waals surface area contributed by atoms with Crippen molar-refractivity contribution in [1.82, 2.24) is 29.5 Å². The van der Waals surface area contributed by atoms with E-state index < -0.39 is 11.2 Å². The Labute approximate surface area is 209 Å². The number of rotatable bonds is 7. The van der Waals surface area contributed by atoms with Gasteiger partial charge in [-0.3, -0.25) is 14.3 Å². The minimum Gasteiger partial charge on any atom is -0.379 e. The zero-order chi connectivity index (χ0) is 25.0. The van der Waals surface area contributed by atoms with Crippen LogP contribution in [0, 0.1) is 0 Å². The Morgan fingerprint density at radius 2 is 1.94 bits per heavy atom. The zero-order valence-corrected chi connectivity index (χ0v) is 21.1. The molecule has 3 heterocycles. The quantitative estimate of drug-likeness (QED) is 0.538. The van der Waals surface area contributed by atoms with Crippen LogP contribution in [0.4, 0.5) is 0 Å². The summed E-state index contributed by atoms with van der Waals surface area (Å²) in [6.45, 7) is 9.84. The van der Waals surface area contributed by atoms with Crippen LogP contribution in [0.25, 0.3) is 17.2 Å². The molecule has 1 aliphatic rings. The maximum atomic E-state index is 13.4. The van der Waals surface area contributed by atoms with Crippen molar-refractivity contribution in [2.75, 3.05) is 32.8 Å². The van der Waals surface area contributed by atoms with Crippen LogP contribution in [0.15, 0.2) is 47.4 Å². The van der Waals surface area contributed by atoms with Gasteiger partial charge in [-0.1, -0.05) is 29.8 Å². The van der Waals surface area contributed by atoms with E-state index in [1.165, 1.54) is 9.25 Å². The summed E-state index contributed by atoms with van der Waals surface area (Å²) in [6, 6.07) is 10.8. The molecule has 1 fully saturated rings. The molecule has 1 amide bonds. The van der Waals surface area contributed by atoms with E-state index in [0.717, 1.165) is 44.8 Å². The monoisotopic (exact) mass is 498 g/mol. The van der Waals surface area contributed by atoms with E-state index in [1.54, 1.807) is 36.5 Å². The molecule has 0 radical (unpaired) electrons. The first-order valence-corrected chi connectivity index (χ1v) is 12.1. The number of nitrogens with one attached hydrogen (secondary N) is 1. The number of halogens is 1. The number of pyridine rings is 1. The second kappa shape index (κ2) is 10.7. The highest BCUT2D eigenvalue weighted by Crippen LogP contribution is 2.21. The van der Waals surface area contributed by atoms with Crippen LogP contribution >= 0.6 is 11.6 Å². The van der Waals surface area contributed by atoms with Gasteiger partial charge in [-0.25, -0.2) is 9.78 Å². The van der Waals surface area contributed by atoms with E-state index in [4.69, 9.17) is 16.3 Å². The first kappa shape index (κ1) is 25.1. The largest absolute Gasteiger partial charge is 0.379 e. The van der Waals surface area contributed by atoms with Crippen LogP contribution in [0.2, 0.25) is 5.02 Å². The maximum Gasteiger partial charge on any atom is 0.352 e. The van der Waals surface area contributed by atoms with Gasteiger partial charge < -0.3 is 10.1 Å². The number of benzene rings is 1. The van der Waals surface area contributed by atoms with Gasteiger partial charge in [-0.2, -0.15) is 4.68 Å². The number of hydrogen-bond acceptors (Lipinski definition) is 6. The van der Waals surface area contributed by atoms with Gasteiger partial charge in [0.05, 0.1) is 13.2 Å². The lowest BCUT2D eigenvalue weighted by atomic mass is 10.1. The molecule has 0 unspecified atom stereocenters. The normalized spacial score (nSPS) is 14.7. The molecular formula is C25H31ClN6O3. The van der Waals surface area contributed by atoms with E-state index in [9.17, 15) is 9.59 Å². The SMILES string of the molecule is CC(C)(C)NC(=O)Cn1c(-c2cccc(Cl)c2)nn(-c2ccc(CCN3CCOCC3)cn2)c1=O. The van der Waals surface area contributed by atoms with Gasteiger partial charge in [-0.05, 0) is 51.0 Å². The van der Waals surface area contributed by atoms with Gasteiger partial charge in [0.1, 0.15) is 6.54 Å². The molecule has 1 saturated heterocycles. The number of morpholine rings is 1. The summed E-state index contributed by atoms with van der Waals surface area (Å²) in [5, 5.41) is 7.94. The van der Waals surface area contributed by atoms with E-state index >= 15 is 0 Å². The van der Waals surface area contributed by atoms with E-state index in [0.29, 0.717) is 22.2 Å². The zero-order valence-electron chi connectivity index (χ0n) is 20.3. The standard InChI is InChI=1S/C25H31ClN6O3/c1-25(2,3)28-22(33)17-31-23(19-5-4-6-20(26)15-19)29-32(24(31)34)21-8-7-18(16-27-21)9-10-30-11-13-35-14-12-30/h4-8,15-16H,9-14,17H2,1-3H3,(H,28,33). The van der Waals surface area contributed by atoms with Crippen LogP contribution in [0.5, 0.6) is 0 Å². The van der Waals surface area contributed by atoms with Crippen molar-refractivity contribution in [1.29, 1.82) is 0 Å². The van der Waals surface area contributed by atoms with Crippen molar-refractivity contribution in [3.8, 4) is 17.2 Å². The van der Waals surface area contributed by atoms with Crippen LogP contribution in [0.1, 0.15) is 26.3 Å². The van der Waals surface area contributed by atoms with Crippen LogP contribution in [-0.4, -0.2) is 68.5 Å². The second-order valence-electron chi connectivity index (χ2n) is 9.64. The molecule has 1 aromatic carbocycles. The third-order valence-electron chi connectivity index (χ3n) is 5.61. The maximum absolute atomic E-state index is 13.4. The molecule has 4 rings (SSSR count). The third kappa shape index (κ3) is 6.56. The summed E-state index contributed by atoms with van der Waals surface area (Å²) in [6.07, 6.45) is 2.63. The first-order chi connectivity index (χ1) is 16.7. The Morgan fingerprint density at radius 1 is 1.17 bits per heavy atom. The molecule has 3 aromatic rings. The summed E-state index contributed by atoms with van der Waals surface area (Å²) in [5.74, 6) is 0.456. The molecule has 0 spiro atoms. The third-order valence-corrected chi connectivity index (χ3v) is 5.84. The Hall–Kier alpha value is -3.01. The van der Waals surface area contributed by atoms with Gasteiger partial charge in [0, 0.05) is 42.0 Å². The van der Waals surface area contributed by atoms with Crippen molar-refractivity contribution < 1.29 is 9.53 Å². The van der Waals surface area contributed by atoms with Gasteiger partial charge >= 0.3 is 5.69 Å². The predicted molar refractivity (Wildman–Crippen MR) is 135 cm³/mol. The Morgan fingerprint density at radius 3 is 2.60 bits per heavy atom. The molecule has 9 nitrogen and oxygen atoms in total. The molecule has 2 aromatic heterocycles. The molecule has 0 atom stereocenters. The lowest BCUT2D eigenvalue weighted by molar-refractivity contribution is -0.123. The molecule has 0 saturated carbocycles. The molecule has 1 N–H and O–H groups in total. The molecule has 0 bridgehead atoms. The van der Waals surface area contributed by atoms with Crippen molar-refractivity contribution in [3.63, 3.8) is 0 Å². The minimum absolute atomic E-state index is 0.171. The van der Waals surface area contributed by atoms with Crippen LogP contribution < -0.4 is 11.0 Å². The molecule has 35 heavy (non-hydrogen) atoms. The fraction of sp³-hybridized carbons (Fsp3) is 0.440. The molecule has 186 valence electrons. The lowest BCUT2D eigenvalue weighted by Crippen LogP contribution is -2.43. The molecule has 1 aliphatic heterocycles. The summed E-state index contributed by atoms with van der Waals surface area (Å²) in [5.41, 5.74) is 0.842. The minimum atomic E-state index is -0.447. The van der Waals surface area contributed by atoms with Crippen molar-refractivity contribution in [2.45, 2.75) is 39.3 Å². The summed E-state index contributed by atoms with van der Waals surface area (Å²) in [7, 11) is 0. The van der Waals surface area contributed by atoms with Gasteiger partial charge in [0.25, 0.3) is 0 Å². The van der Waals surface area contributed by atoms with Crippen LogP contribution in [-0.2, 0) is 22.5 Å². The number of nitrogens with zero attached hydrogens (tertiary/aromatic N) is 5. The van der Waals surface area contributed by atoms with Crippen molar-refractivity contribution >= 4 is 17.5 Å². The van der Waals surface area contributed by atoms with Gasteiger partial charge in [0.15, 0.2) is 11.6 Å². The molecule has 10 heteroatoms. The average molecular weight is 499 g/mol. The van der Waals surface area contributed by atoms with E-state index in [2.05, 4.69) is 20.3 Å². The molecular weight excluding hydrogens is 468 g/mol. The number of amides is 1. The highest BCUT2D eigenvalue weighted by atomic mass is 35.5. The second-order valence-corrected chi connectivity index (χ2v) is 10.1. The highest BCUT2D eigenvalue weighted by Gasteiger charge is 2.21. The fourth-order valence-electron chi connectivity index (χ4n) is 3.93. The average Bonchev–Trinajstić information content (AvgIpc) is 3.13. The number of carbonyl (C=O) groups excluding carboxylic acids is 1. The van der Waals surface area contributed by atoms with Crippen LogP contribution in [0.3, 0.4) is 0 Å². The summed E-state index contributed by atoms with van der Waals surface area (Å²) in [4.78, 5) is 32.9. The van der Waals surface area contributed by atoms with Crippen molar-refractivity contribution in [3.05, 3.63) is 63.7 Å². The smallest absolute Gasteiger partial charge is 0.352 e. The Bertz CT molecular complexity index is 1220. The number of carbonyl (C=O) groups is 1. The summed E-state index contributed by atoms with van der Waals surface area (Å²) < 4.78 is 7.97. The number of ether oxygens (including phenoxy) is 1. The fourth-order valence-corrected chi connectivity index (χ4v) is 4.12. The molecule has 0 aliphatic carbocycles. The number of aromatic nitrogens is 4. The number of hydrogen-bond donors (Lipinski definition) is 1. The summed E-state index contributed by atoms with van der Waals surface area (Å²) >= 11 is 6.18. The highest BCUT2D eigenvalue weighted by molar-refractivity contribution is 6.30. The Kier molecular flexibility index (Phi) is 7.69. The van der Waals surface area contributed by atoms with E-state index in [1.807, 2.05) is 26.8 Å². The van der Waals surface area contributed by atoms with Crippen molar-refractivity contribution in [2.24, 2.45) is 0 Å². The predicted octanol–water partition coefficient (Wildman–Crippen LogP) is 2.54. The lowest BCUT2D eigenvalue weighted by Gasteiger charge is -2.26. The van der Waals surface area contributed by atoms with Gasteiger partial charge in [-0.15, -0.1) is 5.10 Å². The Balaban J connectivity index is 1.61. The topological polar surface area (TPSA) is 94.3 Å². The first-order valence-electron chi connectivity index (χ1n) is 11.7.